The number of imidazole rings is 1. The van der Waals surface area contributed by atoms with Crippen LogP contribution in [0.5, 0.6) is 0 Å². The molecule has 1 N–H and O–H groups in total. The summed E-state index contributed by atoms with van der Waals surface area (Å²) in [4.78, 5) is 8.13. The molecule has 0 fully saturated rings. The molecule has 2 heterocycles. The predicted octanol–water partition coefficient (Wildman–Crippen LogP) is 1.91. The maximum absolute atomic E-state index is 12.2. The molecule has 0 aliphatic rings. The van der Waals surface area contributed by atoms with Crippen molar-refractivity contribution < 1.29 is 12.9 Å². The topological polar surface area (TPSA) is 103 Å². The van der Waals surface area contributed by atoms with Gasteiger partial charge in [-0.05, 0) is 19.1 Å². The van der Waals surface area contributed by atoms with E-state index in [-0.39, 0.29) is 17.5 Å². The van der Waals surface area contributed by atoms with Crippen molar-refractivity contribution in [2.45, 2.75) is 18.5 Å². The minimum atomic E-state index is -3.76. The van der Waals surface area contributed by atoms with E-state index in [4.69, 9.17) is 16.1 Å². The molecule has 3 aromatic rings. The van der Waals surface area contributed by atoms with E-state index in [1.165, 1.54) is 6.20 Å². The molecular weight excluding hydrogens is 354 g/mol. The highest BCUT2D eigenvalue weighted by Crippen LogP contribution is 2.24. The standard InChI is InChI=1S/C14H14ClN5O3S/c1-9-17-13(8-20(9)2)24(21,22)16-7-12-18-14(19-23-12)10-5-3-4-6-11(10)15/h3-6,8,16H,7H2,1-2H3. The second-order valence-corrected chi connectivity index (χ2v) is 7.17. The molecule has 0 amide bonds. The van der Waals surface area contributed by atoms with Crippen LogP contribution < -0.4 is 4.72 Å². The lowest BCUT2D eigenvalue weighted by Gasteiger charge is -2.00. The number of hydrogen-bond acceptors (Lipinski definition) is 6. The van der Waals surface area contributed by atoms with Crippen molar-refractivity contribution in [2.24, 2.45) is 7.05 Å². The van der Waals surface area contributed by atoms with Crippen LogP contribution in [-0.2, 0) is 23.6 Å². The van der Waals surface area contributed by atoms with Crippen LogP contribution in [0.1, 0.15) is 11.7 Å². The van der Waals surface area contributed by atoms with Gasteiger partial charge in [-0.3, -0.25) is 0 Å². The van der Waals surface area contributed by atoms with Crippen LogP contribution in [0, 0.1) is 6.92 Å². The zero-order valence-corrected chi connectivity index (χ0v) is 14.5. The molecule has 0 radical (unpaired) electrons. The van der Waals surface area contributed by atoms with Crippen molar-refractivity contribution in [3.8, 4) is 11.4 Å². The zero-order valence-electron chi connectivity index (χ0n) is 12.9. The van der Waals surface area contributed by atoms with Crippen LogP contribution in [0.4, 0.5) is 0 Å². The molecule has 0 aliphatic carbocycles. The molecule has 0 unspecified atom stereocenters. The van der Waals surface area contributed by atoms with Gasteiger partial charge >= 0.3 is 0 Å². The van der Waals surface area contributed by atoms with Gasteiger partial charge in [0, 0.05) is 18.8 Å². The van der Waals surface area contributed by atoms with Crippen LogP contribution in [-0.4, -0.2) is 28.1 Å². The Bertz CT molecular complexity index is 960. The number of sulfonamides is 1. The monoisotopic (exact) mass is 367 g/mol. The van der Waals surface area contributed by atoms with Crippen molar-refractivity contribution in [1.29, 1.82) is 0 Å². The van der Waals surface area contributed by atoms with Crippen LogP contribution in [0.15, 0.2) is 40.0 Å². The minimum absolute atomic E-state index is 0.0617. The second kappa shape index (κ2) is 6.34. The second-order valence-electron chi connectivity index (χ2n) is 5.05. The first-order chi connectivity index (χ1) is 11.4. The maximum atomic E-state index is 12.2. The summed E-state index contributed by atoms with van der Waals surface area (Å²) in [6.45, 7) is 1.57. The Morgan fingerprint density at radius 2 is 2.04 bits per heavy atom. The van der Waals surface area contributed by atoms with Gasteiger partial charge in [0.05, 0.1) is 11.6 Å². The first-order valence-corrected chi connectivity index (χ1v) is 8.80. The van der Waals surface area contributed by atoms with Gasteiger partial charge in [-0.25, -0.2) is 18.1 Å². The molecule has 0 bridgehead atoms. The Morgan fingerprint density at radius 1 is 1.29 bits per heavy atom. The fourth-order valence-corrected chi connectivity index (χ4v) is 3.20. The van der Waals surface area contributed by atoms with E-state index in [9.17, 15) is 8.42 Å². The van der Waals surface area contributed by atoms with E-state index in [0.29, 0.717) is 22.2 Å². The third kappa shape index (κ3) is 3.32. The lowest BCUT2D eigenvalue weighted by molar-refractivity contribution is 0.376. The van der Waals surface area contributed by atoms with Gasteiger partial charge < -0.3 is 9.09 Å². The van der Waals surface area contributed by atoms with Crippen molar-refractivity contribution in [3.05, 3.63) is 47.2 Å². The number of nitrogens with zero attached hydrogens (tertiary/aromatic N) is 4. The van der Waals surface area contributed by atoms with Gasteiger partial charge in [0.15, 0.2) is 5.03 Å². The van der Waals surface area contributed by atoms with Gasteiger partial charge in [-0.1, -0.05) is 28.9 Å². The molecule has 10 heteroatoms. The minimum Gasteiger partial charge on any atom is -0.338 e. The highest BCUT2D eigenvalue weighted by Gasteiger charge is 2.20. The average Bonchev–Trinajstić information content (AvgIpc) is 3.14. The molecule has 0 spiro atoms. The molecule has 24 heavy (non-hydrogen) atoms. The fourth-order valence-electron chi connectivity index (χ4n) is 1.97. The van der Waals surface area contributed by atoms with Gasteiger partial charge in [-0.2, -0.15) is 4.98 Å². The lowest BCUT2D eigenvalue weighted by atomic mass is 10.2. The van der Waals surface area contributed by atoms with E-state index >= 15 is 0 Å². The molecule has 0 atom stereocenters. The molecule has 126 valence electrons. The zero-order chi connectivity index (χ0) is 17.3. The smallest absolute Gasteiger partial charge is 0.260 e. The SMILES string of the molecule is Cc1nc(S(=O)(=O)NCc2nc(-c3ccccc3Cl)no2)cn1C. The Kier molecular flexibility index (Phi) is 4.39. The quantitative estimate of drug-likeness (QED) is 0.738. The summed E-state index contributed by atoms with van der Waals surface area (Å²) in [7, 11) is -2.04. The Labute approximate surface area is 143 Å². The fraction of sp³-hybridized carbons (Fsp3) is 0.214. The number of halogens is 1. The van der Waals surface area contributed by atoms with E-state index < -0.39 is 10.0 Å². The molecule has 0 saturated carbocycles. The first kappa shape index (κ1) is 16.6. The molecule has 0 aliphatic heterocycles. The maximum Gasteiger partial charge on any atom is 0.260 e. The van der Waals surface area contributed by atoms with Crippen molar-refractivity contribution in [2.75, 3.05) is 0 Å². The molecule has 1 aromatic carbocycles. The van der Waals surface area contributed by atoms with Gasteiger partial charge in [0.25, 0.3) is 10.0 Å². The lowest BCUT2D eigenvalue weighted by Crippen LogP contribution is -2.23. The van der Waals surface area contributed by atoms with Crippen LogP contribution in [0.25, 0.3) is 11.4 Å². The molecule has 0 saturated heterocycles. The third-order valence-corrected chi connectivity index (χ3v) is 4.96. The Balaban J connectivity index is 1.75. The van der Waals surface area contributed by atoms with E-state index in [2.05, 4.69) is 19.8 Å². The van der Waals surface area contributed by atoms with Crippen molar-refractivity contribution in [1.82, 2.24) is 24.4 Å². The molecule has 8 nitrogen and oxygen atoms in total. The highest BCUT2D eigenvalue weighted by molar-refractivity contribution is 7.89. The summed E-state index contributed by atoms with van der Waals surface area (Å²) in [5.41, 5.74) is 0.609. The van der Waals surface area contributed by atoms with Crippen molar-refractivity contribution >= 4 is 21.6 Å². The summed E-state index contributed by atoms with van der Waals surface area (Å²) < 4.78 is 33.5. The van der Waals surface area contributed by atoms with Crippen molar-refractivity contribution in [3.63, 3.8) is 0 Å². The number of benzene rings is 1. The van der Waals surface area contributed by atoms with Gasteiger partial charge in [0.2, 0.25) is 11.7 Å². The first-order valence-electron chi connectivity index (χ1n) is 6.94. The number of hydrogen-bond donors (Lipinski definition) is 1. The van der Waals surface area contributed by atoms with Crippen LogP contribution >= 0.6 is 11.6 Å². The summed E-state index contributed by atoms with van der Waals surface area (Å²) in [5.74, 6) is 1.01. The average molecular weight is 368 g/mol. The Morgan fingerprint density at radius 3 is 2.71 bits per heavy atom. The molecule has 2 aromatic heterocycles. The largest absolute Gasteiger partial charge is 0.338 e. The summed E-state index contributed by atoms with van der Waals surface area (Å²) in [5, 5.41) is 4.23. The number of nitrogens with one attached hydrogen (secondary N) is 1. The van der Waals surface area contributed by atoms with Crippen LogP contribution in [0.2, 0.25) is 5.02 Å². The van der Waals surface area contributed by atoms with Gasteiger partial charge in [0.1, 0.15) is 5.82 Å². The van der Waals surface area contributed by atoms with E-state index in [0.717, 1.165) is 0 Å². The third-order valence-electron chi connectivity index (χ3n) is 3.36. The summed E-state index contributed by atoms with van der Waals surface area (Å²) >= 11 is 6.07. The number of rotatable bonds is 5. The summed E-state index contributed by atoms with van der Waals surface area (Å²) in [6, 6.07) is 7.04. The van der Waals surface area contributed by atoms with E-state index in [1.807, 2.05) is 0 Å². The van der Waals surface area contributed by atoms with Gasteiger partial charge in [-0.15, -0.1) is 0 Å². The summed E-state index contributed by atoms with van der Waals surface area (Å²) in [6.07, 6.45) is 1.43. The van der Waals surface area contributed by atoms with E-state index in [1.54, 1.807) is 42.8 Å². The molecular formula is C14H14ClN5O3S. The Hall–Kier alpha value is -2.23. The molecule has 3 rings (SSSR count). The number of aryl methyl sites for hydroxylation is 2. The number of aromatic nitrogens is 4. The highest BCUT2D eigenvalue weighted by atomic mass is 35.5. The van der Waals surface area contributed by atoms with Crippen LogP contribution in [0.3, 0.4) is 0 Å². The normalized spacial score (nSPS) is 11.8. The predicted molar refractivity (Wildman–Crippen MR) is 86.7 cm³/mol.